The zero-order valence-corrected chi connectivity index (χ0v) is 14.2. The number of carbonyl (C=O) groups is 2. The van der Waals surface area contributed by atoms with Crippen LogP contribution in [0.4, 0.5) is 10.5 Å². The first-order valence-electron chi connectivity index (χ1n) is 7.49. The number of anilines is 1. The number of ether oxygens (including phenoxy) is 1. The molecule has 0 aliphatic heterocycles. The minimum atomic E-state index is -0.559. The predicted octanol–water partition coefficient (Wildman–Crippen LogP) is 2.91. The number of benzene rings is 1. The maximum atomic E-state index is 11.7. The van der Waals surface area contributed by atoms with Gasteiger partial charge in [-0.2, -0.15) is 0 Å². The van der Waals surface area contributed by atoms with Gasteiger partial charge in [-0.25, -0.2) is 4.79 Å². The highest BCUT2D eigenvalue weighted by Gasteiger charge is 2.31. The molecule has 0 unspecified atom stereocenters. The molecule has 1 aromatic rings. The quantitative estimate of drug-likeness (QED) is 0.786. The third-order valence-electron chi connectivity index (χ3n) is 3.46. The van der Waals surface area contributed by atoms with Gasteiger partial charge < -0.3 is 21.1 Å². The summed E-state index contributed by atoms with van der Waals surface area (Å²) in [4.78, 5) is 22.9. The molecule has 1 aliphatic carbocycles. The van der Waals surface area contributed by atoms with E-state index in [2.05, 4.69) is 10.6 Å². The van der Waals surface area contributed by atoms with E-state index in [4.69, 9.17) is 22.1 Å². The van der Waals surface area contributed by atoms with E-state index in [-0.39, 0.29) is 12.1 Å². The topological polar surface area (TPSA) is 93.4 Å². The zero-order chi connectivity index (χ0) is 17.2. The molecule has 2 amide bonds. The number of rotatable bonds is 4. The van der Waals surface area contributed by atoms with Gasteiger partial charge in [0.15, 0.2) is 0 Å². The highest BCUT2D eigenvalue weighted by atomic mass is 35.5. The van der Waals surface area contributed by atoms with Crippen molar-refractivity contribution >= 4 is 29.3 Å². The van der Waals surface area contributed by atoms with Crippen LogP contribution in [0.5, 0.6) is 0 Å². The van der Waals surface area contributed by atoms with Gasteiger partial charge in [0.2, 0.25) is 5.91 Å². The molecule has 6 nitrogen and oxygen atoms in total. The number of hydrogen-bond donors (Lipinski definition) is 3. The van der Waals surface area contributed by atoms with Crippen molar-refractivity contribution in [1.82, 2.24) is 5.32 Å². The number of alkyl carbamates (subject to hydrolysis) is 1. The summed E-state index contributed by atoms with van der Waals surface area (Å²) in [6.45, 7) is 5.48. The van der Waals surface area contributed by atoms with E-state index < -0.39 is 17.6 Å². The highest BCUT2D eigenvalue weighted by Crippen LogP contribution is 2.27. The van der Waals surface area contributed by atoms with Crippen LogP contribution in [-0.2, 0) is 4.74 Å². The van der Waals surface area contributed by atoms with Gasteiger partial charge in [-0.3, -0.25) is 4.79 Å². The molecular formula is C16H22ClN3O3. The first-order chi connectivity index (χ1) is 10.6. The van der Waals surface area contributed by atoms with Crippen molar-refractivity contribution in [1.29, 1.82) is 0 Å². The Kier molecular flexibility index (Phi) is 5.04. The van der Waals surface area contributed by atoms with Gasteiger partial charge in [-0.05, 0) is 51.8 Å². The molecule has 4 N–H and O–H groups in total. The molecule has 0 saturated heterocycles. The van der Waals surface area contributed by atoms with Crippen LogP contribution in [0.15, 0.2) is 18.2 Å². The van der Waals surface area contributed by atoms with Crippen LogP contribution in [-0.4, -0.2) is 29.7 Å². The van der Waals surface area contributed by atoms with Crippen molar-refractivity contribution in [2.45, 2.75) is 51.3 Å². The van der Waals surface area contributed by atoms with Gasteiger partial charge >= 0.3 is 6.09 Å². The minimum absolute atomic E-state index is 0.0882. The fourth-order valence-electron chi connectivity index (χ4n) is 2.37. The fraction of sp³-hybridized carbons (Fsp3) is 0.500. The fourth-order valence-corrected chi connectivity index (χ4v) is 2.58. The Morgan fingerprint density at radius 1 is 1.26 bits per heavy atom. The van der Waals surface area contributed by atoms with Crippen molar-refractivity contribution < 1.29 is 14.3 Å². The summed E-state index contributed by atoms with van der Waals surface area (Å²) in [5.74, 6) is -0.559. The van der Waals surface area contributed by atoms with E-state index in [0.29, 0.717) is 10.6 Å². The Hall–Kier alpha value is -1.95. The third kappa shape index (κ3) is 5.03. The number of primary amides is 1. The summed E-state index contributed by atoms with van der Waals surface area (Å²) in [6, 6.07) is 5.38. The van der Waals surface area contributed by atoms with Gasteiger partial charge in [0.1, 0.15) is 5.60 Å². The van der Waals surface area contributed by atoms with E-state index in [1.165, 1.54) is 0 Å². The number of nitrogens with two attached hydrogens (primary N) is 1. The zero-order valence-electron chi connectivity index (χ0n) is 13.5. The molecular weight excluding hydrogens is 318 g/mol. The molecule has 0 spiro atoms. The molecule has 0 radical (unpaired) electrons. The van der Waals surface area contributed by atoms with Crippen molar-refractivity contribution in [3.63, 3.8) is 0 Å². The van der Waals surface area contributed by atoms with Crippen LogP contribution in [0.1, 0.15) is 44.0 Å². The average Bonchev–Trinajstić information content (AvgIpc) is 2.35. The second-order valence-electron chi connectivity index (χ2n) is 6.71. The molecule has 0 bridgehead atoms. The standard InChI is InChI=1S/C16H22ClN3O3/c1-16(2,3)23-15(22)20-11-6-10(7-11)19-9-4-5-13(17)12(8-9)14(18)21/h4-5,8,10-11,19H,6-7H2,1-3H3,(H2,18,21)(H,20,22). The second-order valence-corrected chi connectivity index (χ2v) is 7.12. The second kappa shape index (κ2) is 6.66. The van der Waals surface area contributed by atoms with E-state index in [1.807, 2.05) is 20.8 Å². The number of nitrogens with one attached hydrogen (secondary N) is 2. The van der Waals surface area contributed by atoms with Crippen LogP contribution >= 0.6 is 11.6 Å². The molecule has 2 rings (SSSR count). The Balaban J connectivity index is 1.81. The van der Waals surface area contributed by atoms with Crippen LogP contribution in [0.2, 0.25) is 5.02 Å². The molecule has 1 saturated carbocycles. The van der Waals surface area contributed by atoms with E-state index in [0.717, 1.165) is 18.5 Å². The van der Waals surface area contributed by atoms with Crippen LogP contribution < -0.4 is 16.4 Å². The monoisotopic (exact) mass is 339 g/mol. The molecule has 0 aromatic heterocycles. The summed E-state index contributed by atoms with van der Waals surface area (Å²) in [5, 5.41) is 6.46. The minimum Gasteiger partial charge on any atom is -0.444 e. The summed E-state index contributed by atoms with van der Waals surface area (Å²) >= 11 is 5.92. The molecule has 1 aliphatic rings. The molecule has 0 atom stereocenters. The number of hydrogen-bond acceptors (Lipinski definition) is 4. The summed E-state index contributed by atoms with van der Waals surface area (Å²) in [5.41, 5.74) is 5.85. The first-order valence-corrected chi connectivity index (χ1v) is 7.87. The van der Waals surface area contributed by atoms with Gasteiger partial charge in [0.05, 0.1) is 10.6 Å². The van der Waals surface area contributed by atoms with Crippen LogP contribution in [0.25, 0.3) is 0 Å². The Labute approximate surface area is 140 Å². The largest absolute Gasteiger partial charge is 0.444 e. The molecule has 0 heterocycles. The molecule has 126 valence electrons. The van der Waals surface area contributed by atoms with Crippen molar-refractivity contribution in [2.24, 2.45) is 5.73 Å². The van der Waals surface area contributed by atoms with E-state index in [1.54, 1.807) is 18.2 Å². The maximum absolute atomic E-state index is 11.7. The SMILES string of the molecule is CC(C)(C)OC(=O)NC1CC(Nc2ccc(Cl)c(C(N)=O)c2)C1. The smallest absolute Gasteiger partial charge is 0.407 e. The molecule has 1 fully saturated rings. The van der Waals surface area contributed by atoms with Crippen molar-refractivity contribution in [3.8, 4) is 0 Å². The van der Waals surface area contributed by atoms with Gasteiger partial charge in [0.25, 0.3) is 0 Å². The highest BCUT2D eigenvalue weighted by molar-refractivity contribution is 6.33. The Morgan fingerprint density at radius 2 is 1.91 bits per heavy atom. The summed E-state index contributed by atoms with van der Waals surface area (Å²) in [6.07, 6.45) is 1.17. The van der Waals surface area contributed by atoms with Crippen molar-refractivity contribution in [3.05, 3.63) is 28.8 Å². The number of halogens is 1. The lowest BCUT2D eigenvalue weighted by atomic mass is 9.86. The van der Waals surface area contributed by atoms with Crippen LogP contribution in [0.3, 0.4) is 0 Å². The number of carbonyl (C=O) groups excluding carboxylic acids is 2. The maximum Gasteiger partial charge on any atom is 0.407 e. The normalized spacial score (nSPS) is 20.3. The predicted molar refractivity (Wildman–Crippen MR) is 89.8 cm³/mol. The first kappa shape index (κ1) is 17.4. The lowest BCUT2D eigenvalue weighted by Gasteiger charge is -2.37. The summed E-state index contributed by atoms with van der Waals surface area (Å²) < 4.78 is 5.22. The average molecular weight is 340 g/mol. The third-order valence-corrected chi connectivity index (χ3v) is 3.79. The lowest BCUT2D eigenvalue weighted by molar-refractivity contribution is 0.0475. The Morgan fingerprint density at radius 3 is 2.48 bits per heavy atom. The molecule has 1 aromatic carbocycles. The van der Waals surface area contributed by atoms with E-state index >= 15 is 0 Å². The van der Waals surface area contributed by atoms with Crippen LogP contribution in [0, 0.1) is 0 Å². The van der Waals surface area contributed by atoms with E-state index in [9.17, 15) is 9.59 Å². The Bertz CT molecular complexity index is 607. The lowest BCUT2D eigenvalue weighted by Crippen LogP contribution is -2.50. The van der Waals surface area contributed by atoms with Gasteiger partial charge in [0, 0.05) is 17.8 Å². The van der Waals surface area contributed by atoms with Crippen molar-refractivity contribution in [2.75, 3.05) is 5.32 Å². The van der Waals surface area contributed by atoms with Gasteiger partial charge in [-0.1, -0.05) is 11.6 Å². The summed E-state index contributed by atoms with van der Waals surface area (Å²) in [7, 11) is 0. The number of amides is 2. The molecule has 7 heteroatoms. The molecule has 23 heavy (non-hydrogen) atoms. The van der Waals surface area contributed by atoms with Gasteiger partial charge in [-0.15, -0.1) is 0 Å².